The van der Waals surface area contributed by atoms with Crippen LogP contribution < -0.4 is 4.74 Å². The van der Waals surface area contributed by atoms with Crippen molar-refractivity contribution in [3.63, 3.8) is 0 Å². The van der Waals surface area contributed by atoms with E-state index in [4.69, 9.17) is 9.15 Å². The second-order valence-corrected chi connectivity index (χ2v) is 7.07. The van der Waals surface area contributed by atoms with E-state index in [0.717, 1.165) is 16.9 Å². The molecule has 1 atom stereocenters. The summed E-state index contributed by atoms with van der Waals surface area (Å²) in [4.78, 5) is 4.53. The first-order valence-corrected chi connectivity index (χ1v) is 9.23. The molecule has 2 aromatic heterocycles. The van der Waals surface area contributed by atoms with Crippen molar-refractivity contribution in [3.8, 4) is 28.6 Å². The molecule has 7 nitrogen and oxygen atoms in total. The van der Waals surface area contributed by atoms with E-state index in [9.17, 15) is 0 Å². The molecule has 0 aliphatic carbocycles. The molecule has 0 bridgehead atoms. The summed E-state index contributed by atoms with van der Waals surface area (Å²) in [5, 5.41) is 16.1. The molecule has 2 aromatic carbocycles. The first-order chi connectivity index (χ1) is 13.2. The standard InChI is InChI=1S/C19H17N5O2S/c1-12(17-22-23-18(26-17)14-6-4-3-5-7-14)27-19-20-16(21-24-19)13-8-10-15(25-2)11-9-13/h3-12H,1-2H3,(H,20,21,24). The maximum absolute atomic E-state index is 5.80. The van der Waals surface area contributed by atoms with Crippen molar-refractivity contribution in [3.05, 3.63) is 60.5 Å². The van der Waals surface area contributed by atoms with Crippen LogP contribution in [0.15, 0.2) is 64.2 Å². The van der Waals surface area contributed by atoms with Crippen molar-refractivity contribution in [1.82, 2.24) is 25.4 Å². The molecule has 4 aromatic rings. The van der Waals surface area contributed by atoms with Crippen LogP contribution in [0.1, 0.15) is 18.1 Å². The third-order valence-corrected chi connectivity index (χ3v) is 4.87. The summed E-state index contributed by atoms with van der Waals surface area (Å²) in [5.74, 6) is 2.54. The second-order valence-electron chi connectivity index (χ2n) is 5.77. The Morgan fingerprint density at radius 2 is 1.78 bits per heavy atom. The maximum atomic E-state index is 5.80. The van der Waals surface area contributed by atoms with Gasteiger partial charge in [-0.1, -0.05) is 30.0 Å². The average Bonchev–Trinajstić information content (AvgIpc) is 3.39. The van der Waals surface area contributed by atoms with Crippen LogP contribution >= 0.6 is 11.8 Å². The van der Waals surface area contributed by atoms with Gasteiger partial charge in [-0.3, -0.25) is 5.10 Å². The lowest BCUT2D eigenvalue weighted by Crippen LogP contribution is -1.89. The number of rotatable bonds is 6. The fourth-order valence-electron chi connectivity index (χ4n) is 2.48. The van der Waals surface area contributed by atoms with Crippen molar-refractivity contribution in [1.29, 1.82) is 0 Å². The topological polar surface area (TPSA) is 89.7 Å². The van der Waals surface area contributed by atoms with Gasteiger partial charge in [0, 0.05) is 11.1 Å². The Bertz CT molecular complexity index is 1010. The Morgan fingerprint density at radius 1 is 1.00 bits per heavy atom. The van der Waals surface area contributed by atoms with Gasteiger partial charge >= 0.3 is 0 Å². The lowest BCUT2D eigenvalue weighted by atomic mass is 10.2. The first-order valence-electron chi connectivity index (χ1n) is 8.35. The van der Waals surface area contributed by atoms with Crippen molar-refractivity contribution in [2.45, 2.75) is 17.3 Å². The van der Waals surface area contributed by atoms with E-state index < -0.39 is 0 Å². The minimum atomic E-state index is -0.0746. The van der Waals surface area contributed by atoms with Crippen LogP contribution in [0.3, 0.4) is 0 Å². The van der Waals surface area contributed by atoms with Crippen LogP contribution in [0.25, 0.3) is 22.8 Å². The number of nitrogens with zero attached hydrogens (tertiary/aromatic N) is 4. The van der Waals surface area contributed by atoms with Gasteiger partial charge in [0.05, 0.1) is 12.4 Å². The molecule has 0 fully saturated rings. The van der Waals surface area contributed by atoms with Crippen molar-refractivity contribution >= 4 is 11.8 Å². The number of H-pyrrole nitrogens is 1. The van der Waals surface area contributed by atoms with E-state index in [1.165, 1.54) is 11.8 Å². The molecule has 2 heterocycles. The summed E-state index contributed by atoms with van der Waals surface area (Å²) in [5.41, 5.74) is 1.83. The smallest absolute Gasteiger partial charge is 0.247 e. The summed E-state index contributed by atoms with van der Waals surface area (Å²) in [6, 6.07) is 17.3. The van der Waals surface area contributed by atoms with Crippen LogP contribution in [0.5, 0.6) is 5.75 Å². The van der Waals surface area contributed by atoms with Gasteiger partial charge in [-0.05, 0) is 43.3 Å². The largest absolute Gasteiger partial charge is 0.497 e. The molecule has 0 saturated heterocycles. The Balaban J connectivity index is 1.46. The molecule has 27 heavy (non-hydrogen) atoms. The van der Waals surface area contributed by atoms with Gasteiger partial charge < -0.3 is 9.15 Å². The van der Waals surface area contributed by atoms with E-state index >= 15 is 0 Å². The van der Waals surface area contributed by atoms with Gasteiger partial charge in [0.15, 0.2) is 5.82 Å². The molecule has 0 amide bonds. The zero-order valence-corrected chi connectivity index (χ0v) is 15.6. The lowest BCUT2D eigenvalue weighted by Gasteiger charge is -2.02. The molecule has 1 unspecified atom stereocenters. The van der Waals surface area contributed by atoms with Crippen LogP contribution in [-0.2, 0) is 0 Å². The first kappa shape index (κ1) is 17.3. The minimum Gasteiger partial charge on any atom is -0.497 e. The molecule has 136 valence electrons. The van der Waals surface area contributed by atoms with Gasteiger partial charge in [0.1, 0.15) is 5.75 Å². The lowest BCUT2D eigenvalue weighted by molar-refractivity contribution is 0.415. The number of nitrogens with one attached hydrogen (secondary N) is 1. The van der Waals surface area contributed by atoms with Crippen molar-refractivity contribution < 1.29 is 9.15 Å². The number of benzene rings is 2. The van der Waals surface area contributed by atoms with Crippen LogP contribution in [0, 0.1) is 0 Å². The Labute approximate surface area is 160 Å². The second kappa shape index (κ2) is 7.63. The molecule has 0 aliphatic heterocycles. The highest BCUT2D eigenvalue weighted by atomic mass is 32.2. The van der Waals surface area contributed by atoms with Gasteiger partial charge in [-0.2, -0.15) is 0 Å². The molecule has 1 N–H and O–H groups in total. The monoisotopic (exact) mass is 379 g/mol. The molecule has 0 aliphatic rings. The highest BCUT2D eigenvalue weighted by Crippen LogP contribution is 2.34. The highest BCUT2D eigenvalue weighted by molar-refractivity contribution is 7.99. The quantitative estimate of drug-likeness (QED) is 0.497. The Morgan fingerprint density at radius 3 is 2.52 bits per heavy atom. The van der Waals surface area contributed by atoms with Gasteiger partial charge in [-0.15, -0.1) is 15.3 Å². The normalized spacial score (nSPS) is 12.1. The van der Waals surface area contributed by atoms with Crippen LogP contribution in [-0.4, -0.2) is 32.5 Å². The molecule has 8 heteroatoms. The summed E-state index contributed by atoms with van der Waals surface area (Å²) < 4.78 is 11.0. The predicted octanol–water partition coefficient (Wildman–Crippen LogP) is 4.38. The van der Waals surface area contributed by atoms with Gasteiger partial charge in [0.2, 0.25) is 16.9 Å². The maximum Gasteiger partial charge on any atom is 0.247 e. The number of thioether (sulfide) groups is 1. The van der Waals surface area contributed by atoms with E-state index in [1.54, 1.807) is 7.11 Å². The van der Waals surface area contributed by atoms with Gasteiger partial charge in [0.25, 0.3) is 0 Å². The number of methoxy groups -OCH3 is 1. The summed E-state index contributed by atoms with van der Waals surface area (Å²) >= 11 is 1.45. The van der Waals surface area contributed by atoms with Crippen LogP contribution in [0.2, 0.25) is 0 Å². The van der Waals surface area contributed by atoms with E-state index in [0.29, 0.717) is 22.8 Å². The summed E-state index contributed by atoms with van der Waals surface area (Å²) in [7, 11) is 1.64. The van der Waals surface area contributed by atoms with E-state index in [-0.39, 0.29) is 5.25 Å². The Hall–Kier alpha value is -3.13. The molecule has 0 radical (unpaired) electrons. The fraction of sp³-hybridized carbons (Fsp3) is 0.158. The number of aromatic amines is 1. The van der Waals surface area contributed by atoms with E-state index in [1.807, 2.05) is 61.5 Å². The number of hydrogen-bond donors (Lipinski definition) is 1. The van der Waals surface area contributed by atoms with Gasteiger partial charge in [-0.25, -0.2) is 4.98 Å². The minimum absolute atomic E-state index is 0.0746. The Kier molecular flexibility index (Phi) is 4.88. The third-order valence-electron chi connectivity index (χ3n) is 3.92. The molecule has 4 rings (SSSR count). The predicted molar refractivity (Wildman–Crippen MR) is 102 cm³/mol. The van der Waals surface area contributed by atoms with Crippen molar-refractivity contribution in [2.24, 2.45) is 0 Å². The molecular weight excluding hydrogens is 362 g/mol. The zero-order chi connectivity index (χ0) is 18.6. The highest BCUT2D eigenvalue weighted by Gasteiger charge is 2.18. The number of aromatic nitrogens is 5. The molecule has 0 spiro atoms. The third kappa shape index (κ3) is 3.85. The SMILES string of the molecule is COc1ccc(-c2nc(SC(C)c3nnc(-c4ccccc4)o3)n[nH]2)cc1. The summed E-state index contributed by atoms with van der Waals surface area (Å²) in [6.45, 7) is 1.98. The van der Waals surface area contributed by atoms with Crippen molar-refractivity contribution in [2.75, 3.05) is 7.11 Å². The zero-order valence-electron chi connectivity index (χ0n) is 14.8. The fourth-order valence-corrected chi connectivity index (χ4v) is 3.24. The van der Waals surface area contributed by atoms with Crippen LogP contribution in [0.4, 0.5) is 0 Å². The number of ether oxygens (including phenoxy) is 1. The van der Waals surface area contributed by atoms with E-state index in [2.05, 4.69) is 25.4 Å². The molecule has 0 saturated carbocycles. The number of hydrogen-bond acceptors (Lipinski definition) is 7. The molecular formula is C19H17N5O2S. The summed E-state index contributed by atoms with van der Waals surface area (Å²) in [6.07, 6.45) is 0. The average molecular weight is 379 g/mol.